The molecule has 1 atom stereocenters. The summed E-state index contributed by atoms with van der Waals surface area (Å²) in [6.45, 7) is 0. The maximum Gasteiger partial charge on any atom is 0.335 e. The second-order valence-corrected chi connectivity index (χ2v) is 3.61. The molecule has 1 amide bonds. The molecule has 1 heterocycles. The van der Waals surface area contributed by atoms with E-state index in [-0.39, 0.29) is 17.7 Å². The molecule has 5 nitrogen and oxygen atoms in total. The summed E-state index contributed by atoms with van der Waals surface area (Å²) in [5.74, 6) is -0.357. The number of carboxylic acid groups (broad SMARTS) is 1. The molecule has 1 aromatic rings. The van der Waals surface area contributed by atoms with E-state index in [1.807, 2.05) is 0 Å². The third-order valence-electron chi connectivity index (χ3n) is 2.55. The number of nitrogens with zero attached hydrogens (tertiary/aromatic N) is 1. The summed E-state index contributed by atoms with van der Waals surface area (Å²) >= 11 is 0. The predicted molar refractivity (Wildman–Crippen MR) is 55.2 cm³/mol. The van der Waals surface area contributed by atoms with Crippen LogP contribution in [-0.4, -0.2) is 35.2 Å². The van der Waals surface area contributed by atoms with Crippen molar-refractivity contribution >= 4 is 11.9 Å². The summed E-state index contributed by atoms with van der Waals surface area (Å²) in [5, 5.41) is 8.70. The quantitative estimate of drug-likeness (QED) is 0.772. The molecular weight excluding hydrogens is 210 g/mol. The minimum absolute atomic E-state index is 0.0483. The van der Waals surface area contributed by atoms with Crippen LogP contribution in [0.2, 0.25) is 0 Å². The van der Waals surface area contributed by atoms with Crippen LogP contribution in [0.3, 0.4) is 0 Å². The zero-order valence-electron chi connectivity index (χ0n) is 8.71. The van der Waals surface area contributed by atoms with E-state index in [2.05, 4.69) is 0 Å². The smallest absolute Gasteiger partial charge is 0.335 e. The number of aromatic carboxylic acids is 1. The van der Waals surface area contributed by atoms with Crippen LogP contribution in [0.5, 0.6) is 5.75 Å². The van der Waals surface area contributed by atoms with Gasteiger partial charge in [-0.05, 0) is 24.3 Å². The standard InChI is InChI=1S/C11H11NO4/c1-12-9(13)6-10(12)16-8-4-2-7(3-5-8)11(14)15/h2-5,10H,6H2,1H3,(H,14,15). The maximum atomic E-state index is 10.9. The fourth-order valence-corrected chi connectivity index (χ4v) is 1.43. The summed E-state index contributed by atoms with van der Waals surface area (Å²) in [5.41, 5.74) is 0.213. The molecule has 5 heteroatoms. The number of β-lactam (4-membered cyclic amide) rings is 1. The Morgan fingerprint density at radius 3 is 2.50 bits per heavy atom. The molecule has 1 fully saturated rings. The molecule has 84 valence electrons. The highest BCUT2D eigenvalue weighted by Crippen LogP contribution is 2.22. The van der Waals surface area contributed by atoms with Gasteiger partial charge in [0.15, 0.2) is 6.23 Å². The Bertz CT molecular complexity index is 426. The molecule has 16 heavy (non-hydrogen) atoms. The number of hydrogen-bond donors (Lipinski definition) is 1. The lowest BCUT2D eigenvalue weighted by atomic mass is 10.2. The first-order valence-electron chi connectivity index (χ1n) is 4.83. The van der Waals surface area contributed by atoms with Gasteiger partial charge in [-0.25, -0.2) is 4.79 Å². The van der Waals surface area contributed by atoms with E-state index in [1.54, 1.807) is 19.2 Å². The first kappa shape index (κ1) is 10.5. The van der Waals surface area contributed by atoms with Crippen molar-refractivity contribution in [3.63, 3.8) is 0 Å². The number of carbonyl (C=O) groups excluding carboxylic acids is 1. The molecular formula is C11H11NO4. The van der Waals surface area contributed by atoms with E-state index in [9.17, 15) is 9.59 Å². The van der Waals surface area contributed by atoms with Crippen LogP contribution < -0.4 is 4.74 Å². The average molecular weight is 221 g/mol. The molecule has 0 aliphatic carbocycles. The van der Waals surface area contributed by atoms with Crippen molar-refractivity contribution in [2.45, 2.75) is 12.6 Å². The summed E-state index contributed by atoms with van der Waals surface area (Å²) in [4.78, 5) is 23.1. The average Bonchev–Trinajstić information content (AvgIpc) is 2.29. The molecule has 1 saturated heterocycles. The Morgan fingerprint density at radius 2 is 2.06 bits per heavy atom. The zero-order chi connectivity index (χ0) is 11.7. The van der Waals surface area contributed by atoms with E-state index in [0.29, 0.717) is 12.2 Å². The van der Waals surface area contributed by atoms with Crippen LogP contribution in [0, 0.1) is 0 Å². The SMILES string of the molecule is CN1C(=O)CC1Oc1ccc(C(=O)O)cc1. The largest absolute Gasteiger partial charge is 0.478 e. The second-order valence-electron chi connectivity index (χ2n) is 3.61. The predicted octanol–water partition coefficient (Wildman–Crippen LogP) is 0.952. The van der Waals surface area contributed by atoms with Gasteiger partial charge in [0.05, 0.1) is 12.0 Å². The van der Waals surface area contributed by atoms with Gasteiger partial charge in [0, 0.05) is 7.05 Å². The van der Waals surface area contributed by atoms with Crippen molar-refractivity contribution in [1.29, 1.82) is 0 Å². The second kappa shape index (κ2) is 3.84. The minimum atomic E-state index is -0.970. The van der Waals surface area contributed by atoms with Crippen LogP contribution in [0.25, 0.3) is 0 Å². The number of carbonyl (C=O) groups is 2. The van der Waals surface area contributed by atoms with Crippen LogP contribution in [0.15, 0.2) is 24.3 Å². The van der Waals surface area contributed by atoms with Gasteiger partial charge in [-0.2, -0.15) is 0 Å². The number of benzene rings is 1. The normalized spacial score (nSPS) is 19.2. The van der Waals surface area contributed by atoms with Crippen LogP contribution >= 0.6 is 0 Å². The number of amides is 1. The van der Waals surface area contributed by atoms with Gasteiger partial charge in [0.2, 0.25) is 5.91 Å². The molecule has 1 aliphatic rings. The molecule has 0 aromatic heterocycles. The number of likely N-dealkylation sites (tertiary alicyclic amines) is 1. The van der Waals surface area contributed by atoms with Crippen LogP contribution in [0.4, 0.5) is 0 Å². The molecule has 1 N–H and O–H groups in total. The Kier molecular flexibility index (Phi) is 2.52. The highest BCUT2D eigenvalue weighted by molar-refractivity contribution is 5.87. The van der Waals surface area contributed by atoms with Gasteiger partial charge < -0.3 is 14.7 Å². The molecule has 0 saturated carbocycles. The van der Waals surface area contributed by atoms with Crippen LogP contribution in [-0.2, 0) is 4.79 Å². The third kappa shape index (κ3) is 1.84. The monoisotopic (exact) mass is 221 g/mol. The van der Waals surface area contributed by atoms with Gasteiger partial charge in [-0.3, -0.25) is 4.79 Å². The summed E-state index contributed by atoms with van der Waals surface area (Å²) in [7, 11) is 1.67. The van der Waals surface area contributed by atoms with Crippen molar-refractivity contribution in [1.82, 2.24) is 4.90 Å². The maximum absolute atomic E-state index is 10.9. The van der Waals surface area contributed by atoms with Gasteiger partial charge >= 0.3 is 5.97 Å². The molecule has 0 radical (unpaired) electrons. The van der Waals surface area contributed by atoms with Crippen molar-refractivity contribution in [2.24, 2.45) is 0 Å². The third-order valence-corrected chi connectivity index (χ3v) is 2.55. The Labute approximate surface area is 92.2 Å². The molecule has 1 unspecified atom stereocenters. The molecule has 0 spiro atoms. The number of carboxylic acids is 1. The molecule has 2 rings (SSSR count). The van der Waals surface area contributed by atoms with E-state index >= 15 is 0 Å². The Morgan fingerprint density at radius 1 is 1.44 bits per heavy atom. The number of ether oxygens (including phenoxy) is 1. The van der Waals surface area contributed by atoms with Crippen molar-refractivity contribution < 1.29 is 19.4 Å². The minimum Gasteiger partial charge on any atom is -0.478 e. The topological polar surface area (TPSA) is 66.8 Å². The van der Waals surface area contributed by atoms with E-state index < -0.39 is 5.97 Å². The Hall–Kier alpha value is -2.04. The highest BCUT2D eigenvalue weighted by atomic mass is 16.5. The lowest BCUT2D eigenvalue weighted by Gasteiger charge is -2.36. The summed E-state index contributed by atoms with van der Waals surface area (Å²) in [6, 6.07) is 6.11. The molecule has 1 aliphatic heterocycles. The van der Waals surface area contributed by atoms with Crippen molar-refractivity contribution in [3.8, 4) is 5.75 Å². The zero-order valence-corrected chi connectivity index (χ0v) is 8.71. The molecule has 1 aromatic carbocycles. The summed E-state index contributed by atoms with van der Waals surface area (Å²) < 4.78 is 5.48. The number of rotatable bonds is 3. The molecule has 0 bridgehead atoms. The van der Waals surface area contributed by atoms with Gasteiger partial charge in [0.25, 0.3) is 0 Å². The fraction of sp³-hybridized carbons (Fsp3) is 0.273. The van der Waals surface area contributed by atoms with E-state index in [4.69, 9.17) is 9.84 Å². The van der Waals surface area contributed by atoms with Gasteiger partial charge in [-0.1, -0.05) is 0 Å². The fourth-order valence-electron chi connectivity index (χ4n) is 1.43. The van der Waals surface area contributed by atoms with E-state index in [1.165, 1.54) is 17.0 Å². The lowest BCUT2D eigenvalue weighted by Crippen LogP contribution is -2.52. The van der Waals surface area contributed by atoms with Crippen molar-refractivity contribution in [2.75, 3.05) is 7.05 Å². The van der Waals surface area contributed by atoms with Crippen molar-refractivity contribution in [3.05, 3.63) is 29.8 Å². The van der Waals surface area contributed by atoms with Crippen LogP contribution in [0.1, 0.15) is 16.8 Å². The van der Waals surface area contributed by atoms with Gasteiger partial charge in [-0.15, -0.1) is 0 Å². The first-order valence-corrected chi connectivity index (χ1v) is 4.83. The lowest BCUT2D eigenvalue weighted by molar-refractivity contribution is -0.156. The first-order chi connectivity index (χ1) is 7.58. The Balaban J connectivity index is 2.01. The summed E-state index contributed by atoms with van der Waals surface area (Å²) in [6.07, 6.45) is 0.139. The number of hydrogen-bond acceptors (Lipinski definition) is 3. The van der Waals surface area contributed by atoms with Gasteiger partial charge in [0.1, 0.15) is 5.75 Å². The van der Waals surface area contributed by atoms with E-state index in [0.717, 1.165) is 0 Å². The highest BCUT2D eigenvalue weighted by Gasteiger charge is 2.34.